The minimum absolute atomic E-state index is 0.954. The van der Waals surface area contributed by atoms with Crippen LogP contribution in [0.2, 0.25) is 0 Å². The van der Waals surface area contributed by atoms with Crippen LogP contribution in [0, 0.1) is 0 Å². The normalized spacial score (nSPS) is 11.8. The van der Waals surface area contributed by atoms with Gasteiger partial charge in [-0.1, -0.05) is 328 Å². The number of hydrogen-bond donors (Lipinski definition) is 3. The molecule has 122 heavy (non-hydrogen) atoms. The Morgan fingerprint density at radius 1 is 0.172 bits per heavy atom. The van der Waals surface area contributed by atoms with Crippen molar-refractivity contribution in [3.63, 3.8) is 0 Å². The molecule has 26 rings (SSSR count). The van der Waals surface area contributed by atoms with Crippen LogP contribution in [-0.2, 0) is 6.54 Å². The largest absolute Gasteiger partial charge is 0.354 e. The lowest BCUT2D eigenvalue weighted by atomic mass is 9.93. The number of fused-ring (bicyclic) bond motifs is 24. The van der Waals surface area contributed by atoms with E-state index in [4.69, 9.17) is 0 Å². The first-order chi connectivity index (χ1) is 60.5. The van der Waals surface area contributed by atoms with Crippen molar-refractivity contribution in [3.05, 3.63) is 425 Å². The number of aromatic nitrogens is 6. The van der Waals surface area contributed by atoms with Gasteiger partial charge in [-0.3, -0.25) is 0 Å². The van der Waals surface area contributed by atoms with Gasteiger partial charge in [-0.15, -0.1) is 0 Å². The Morgan fingerprint density at radius 2 is 0.426 bits per heavy atom. The van der Waals surface area contributed by atoms with E-state index >= 15 is 0 Å². The fourth-order valence-corrected chi connectivity index (χ4v) is 19.9. The van der Waals surface area contributed by atoms with Crippen LogP contribution in [0.5, 0.6) is 0 Å². The smallest absolute Gasteiger partial charge is 0.0547 e. The summed E-state index contributed by atoms with van der Waals surface area (Å²) in [5.41, 5.74) is 31.8. The number of nitrogens with zero attached hydrogens (tertiary/aromatic N) is 3. The summed E-state index contributed by atoms with van der Waals surface area (Å²) in [7, 11) is 0. The molecule has 0 bridgehead atoms. The van der Waals surface area contributed by atoms with E-state index in [2.05, 4.69) is 460 Å². The Balaban J connectivity index is 0.000000105. The quantitative estimate of drug-likeness (QED) is 0.129. The Kier molecular flexibility index (Phi) is 16.5. The van der Waals surface area contributed by atoms with Crippen molar-refractivity contribution in [1.82, 2.24) is 28.7 Å². The lowest BCUT2D eigenvalue weighted by molar-refractivity contribution is 0.827. The first kappa shape index (κ1) is 70.2. The number of rotatable bonds is 9. The average Bonchev–Trinajstić information content (AvgIpc) is 1.55. The molecular weight excluding hydrogens is 1480 g/mol. The van der Waals surface area contributed by atoms with Gasteiger partial charge in [-0.25, -0.2) is 0 Å². The van der Waals surface area contributed by atoms with E-state index in [1.54, 1.807) is 0 Å². The van der Waals surface area contributed by atoms with Gasteiger partial charge in [-0.05, 0) is 187 Å². The lowest BCUT2D eigenvalue weighted by Gasteiger charge is -2.11. The molecule has 6 nitrogen and oxygen atoms in total. The molecule has 6 heteroatoms. The minimum Gasteiger partial charge on any atom is -0.354 e. The number of aryl methyl sites for hydroxylation is 1. The summed E-state index contributed by atoms with van der Waals surface area (Å²) in [5, 5.41) is 22.9. The zero-order chi connectivity index (χ0) is 80.5. The van der Waals surface area contributed by atoms with E-state index in [0.29, 0.717) is 0 Å². The molecule has 0 saturated carbocycles. The zero-order valence-electron chi connectivity index (χ0n) is 67.0. The topological polar surface area (TPSA) is 62.2 Å². The summed E-state index contributed by atoms with van der Waals surface area (Å²) in [6.07, 6.45) is 0. The van der Waals surface area contributed by atoms with Crippen molar-refractivity contribution in [3.8, 4) is 78.1 Å². The van der Waals surface area contributed by atoms with Gasteiger partial charge >= 0.3 is 0 Å². The van der Waals surface area contributed by atoms with Crippen LogP contribution in [0.15, 0.2) is 425 Å². The van der Waals surface area contributed by atoms with E-state index in [9.17, 15) is 0 Å². The third kappa shape index (κ3) is 11.5. The molecule has 0 aliphatic rings. The predicted molar refractivity (Wildman–Crippen MR) is 520 cm³/mol. The third-order valence-corrected chi connectivity index (χ3v) is 25.6. The predicted octanol–water partition coefficient (Wildman–Crippen LogP) is 31.7. The molecule has 20 aromatic carbocycles. The molecular formula is C116H78N6. The zero-order valence-corrected chi connectivity index (χ0v) is 67.0. The molecule has 6 aromatic heterocycles. The lowest BCUT2D eigenvalue weighted by Crippen LogP contribution is -1.93. The van der Waals surface area contributed by atoms with E-state index in [-0.39, 0.29) is 0 Å². The van der Waals surface area contributed by atoms with Gasteiger partial charge in [0.25, 0.3) is 0 Å². The summed E-state index contributed by atoms with van der Waals surface area (Å²) in [6.45, 7) is 3.18. The molecule has 0 saturated heterocycles. The van der Waals surface area contributed by atoms with Gasteiger partial charge < -0.3 is 28.7 Å². The molecule has 0 spiro atoms. The van der Waals surface area contributed by atoms with E-state index in [1.807, 2.05) is 0 Å². The molecule has 0 atom stereocenters. The highest BCUT2D eigenvalue weighted by Gasteiger charge is 2.21. The molecule has 3 N–H and O–H groups in total. The summed E-state index contributed by atoms with van der Waals surface area (Å²) in [5.74, 6) is 0. The van der Waals surface area contributed by atoms with E-state index < -0.39 is 0 Å². The average molecular weight is 1560 g/mol. The maximum atomic E-state index is 3.67. The second-order valence-electron chi connectivity index (χ2n) is 32.3. The fourth-order valence-electron chi connectivity index (χ4n) is 19.9. The van der Waals surface area contributed by atoms with Crippen molar-refractivity contribution in [2.75, 3.05) is 0 Å². The number of H-pyrrole nitrogens is 3. The van der Waals surface area contributed by atoms with Gasteiger partial charge in [0.15, 0.2) is 0 Å². The first-order valence-electron chi connectivity index (χ1n) is 42.2. The highest BCUT2D eigenvalue weighted by molar-refractivity contribution is 6.24. The summed E-state index contributed by atoms with van der Waals surface area (Å²) in [6, 6.07) is 154. The van der Waals surface area contributed by atoms with Crippen molar-refractivity contribution >= 4 is 163 Å². The Hall–Kier alpha value is -16.0. The molecule has 0 amide bonds. The summed E-state index contributed by atoms with van der Waals surface area (Å²) < 4.78 is 7.19. The van der Waals surface area contributed by atoms with Crippen LogP contribution >= 0.6 is 0 Å². The highest BCUT2D eigenvalue weighted by atomic mass is 15.0. The minimum atomic E-state index is 0.954. The van der Waals surface area contributed by atoms with Crippen LogP contribution in [0.1, 0.15) is 6.92 Å². The number of benzene rings is 20. The standard InChI is InChI=1S/C46H30N2.C40H26N2.C30H22N2/c1-2-10-35(11-3-1)48-44-17-9-7-14-38(44)39-27-26-34(28-45(39)48)32-20-18-30(19-21-32)31-22-24-33(25-23-31)41-29-42-37-13-6-8-16-43(37)47-46(42)40-15-5-4-12-36(40)41;1-2-10-29(11-3-1)42-38-17-9-7-14-32(38)33-23-22-28(24-39(33)42)26-18-20-27(21-19-26)35-25-36-31-13-6-8-16-37(31)41-40(36)34-15-5-4-12-30(34)35;1-2-32-28-14-8-6-11-22(28)23-16-15-19(17-29(23)32)25-18-26-21-10-5-7-13-27(21)31-30(26)24-12-4-3-9-20(24)25/h1-29,47H;1-25,41H;3-18,31H,2H2,1H3. The van der Waals surface area contributed by atoms with Crippen molar-refractivity contribution in [2.45, 2.75) is 13.5 Å². The Labute approximate surface area is 703 Å². The van der Waals surface area contributed by atoms with Crippen molar-refractivity contribution in [2.24, 2.45) is 0 Å². The van der Waals surface area contributed by atoms with Gasteiger partial charge in [0.05, 0.1) is 38.6 Å². The number of hydrogen-bond acceptors (Lipinski definition) is 0. The van der Waals surface area contributed by atoms with Gasteiger partial charge in [0.1, 0.15) is 0 Å². The molecule has 572 valence electrons. The maximum absolute atomic E-state index is 3.67. The van der Waals surface area contributed by atoms with E-state index in [1.165, 1.54) is 241 Å². The van der Waals surface area contributed by atoms with Crippen LogP contribution in [0.4, 0.5) is 0 Å². The summed E-state index contributed by atoms with van der Waals surface area (Å²) >= 11 is 0. The molecule has 0 aliphatic heterocycles. The second kappa shape index (κ2) is 28.7. The van der Waals surface area contributed by atoms with Crippen LogP contribution in [-0.4, -0.2) is 28.7 Å². The second-order valence-corrected chi connectivity index (χ2v) is 32.3. The van der Waals surface area contributed by atoms with Crippen LogP contribution in [0.3, 0.4) is 0 Å². The molecule has 0 radical (unpaired) electrons. The Bertz CT molecular complexity index is 8650. The van der Waals surface area contributed by atoms with Gasteiger partial charge in [0.2, 0.25) is 0 Å². The molecule has 0 fully saturated rings. The number of nitrogens with one attached hydrogen (secondary N) is 3. The van der Waals surface area contributed by atoms with Gasteiger partial charge in [0, 0.05) is 126 Å². The van der Waals surface area contributed by atoms with Crippen molar-refractivity contribution < 1.29 is 0 Å². The monoisotopic (exact) mass is 1550 g/mol. The van der Waals surface area contributed by atoms with Crippen LogP contribution in [0.25, 0.3) is 241 Å². The molecule has 26 aromatic rings. The van der Waals surface area contributed by atoms with Crippen LogP contribution < -0.4 is 0 Å². The fraction of sp³-hybridized carbons (Fsp3) is 0.0172. The first-order valence-corrected chi connectivity index (χ1v) is 42.2. The number of aromatic amines is 3. The SMILES string of the molecule is CCn1c2ccccc2c2ccc(-c3cc4c5ccccc5[nH]c4c4ccccc34)cc21.c1ccc(-n2c3ccccc3c3ccc(-c4ccc(-c5cc6c7ccccc7[nH]c6c6ccccc56)cc4)cc32)cc1.c1ccc(-n2c3ccccc3c3ccc(-c4ccc(-c5ccc(-c6cc7c8ccccc8[nH]c7c7ccccc67)cc5)cc4)cc32)cc1. The molecule has 0 unspecified atom stereocenters. The van der Waals surface area contributed by atoms with Gasteiger partial charge in [-0.2, -0.15) is 0 Å². The Morgan fingerprint density at radius 3 is 0.803 bits per heavy atom. The highest BCUT2D eigenvalue weighted by Crippen LogP contribution is 2.46. The third-order valence-electron chi connectivity index (χ3n) is 25.6. The maximum Gasteiger partial charge on any atom is 0.0547 e. The number of para-hydroxylation sites is 8. The molecule has 6 heterocycles. The van der Waals surface area contributed by atoms with E-state index in [0.717, 1.165) is 6.54 Å². The summed E-state index contributed by atoms with van der Waals surface area (Å²) in [4.78, 5) is 11.0. The van der Waals surface area contributed by atoms with Crippen molar-refractivity contribution in [1.29, 1.82) is 0 Å². The molecule has 0 aliphatic carbocycles.